The van der Waals surface area contributed by atoms with E-state index in [0.29, 0.717) is 6.54 Å². The van der Waals surface area contributed by atoms with Crippen molar-refractivity contribution in [3.05, 3.63) is 58.4 Å². The van der Waals surface area contributed by atoms with Crippen LogP contribution < -0.4 is 10.6 Å². The van der Waals surface area contributed by atoms with Gasteiger partial charge in [0.1, 0.15) is 0 Å². The van der Waals surface area contributed by atoms with Gasteiger partial charge in [0.05, 0.1) is 0 Å². The van der Waals surface area contributed by atoms with Crippen molar-refractivity contribution < 1.29 is 0 Å². The van der Waals surface area contributed by atoms with E-state index in [2.05, 4.69) is 54.2 Å². The van der Waals surface area contributed by atoms with Gasteiger partial charge in [0.2, 0.25) is 0 Å². The van der Waals surface area contributed by atoms with Crippen molar-refractivity contribution in [3.63, 3.8) is 0 Å². The number of hydrogen-bond donors (Lipinski definition) is 1. The van der Waals surface area contributed by atoms with Gasteiger partial charge < -0.3 is 10.6 Å². The van der Waals surface area contributed by atoms with E-state index >= 15 is 0 Å². The van der Waals surface area contributed by atoms with E-state index < -0.39 is 0 Å². The summed E-state index contributed by atoms with van der Waals surface area (Å²) in [6.45, 7) is 7.57. The molecular formula is C17H23N3. The molecule has 3 heteroatoms. The average Bonchev–Trinajstić information content (AvgIpc) is 2.37. The predicted molar refractivity (Wildman–Crippen MR) is 84.9 cm³/mol. The van der Waals surface area contributed by atoms with Crippen molar-refractivity contribution in [2.24, 2.45) is 5.73 Å². The first-order chi connectivity index (χ1) is 9.51. The summed E-state index contributed by atoms with van der Waals surface area (Å²) in [6, 6.07) is 10.7. The highest BCUT2D eigenvalue weighted by Gasteiger charge is 2.11. The van der Waals surface area contributed by atoms with Crippen LogP contribution in [0.5, 0.6) is 0 Å². The molecule has 106 valence electrons. The number of aryl methyl sites for hydroxylation is 3. The minimum atomic E-state index is 0.520. The van der Waals surface area contributed by atoms with Gasteiger partial charge in [-0.25, -0.2) is 0 Å². The van der Waals surface area contributed by atoms with Gasteiger partial charge in [0.15, 0.2) is 0 Å². The molecule has 0 bridgehead atoms. The molecule has 0 amide bonds. The minimum Gasteiger partial charge on any atom is -0.370 e. The van der Waals surface area contributed by atoms with E-state index in [-0.39, 0.29) is 0 Å². The molecule has 1 heterocycles. The van der Waals surface area contributed by atoms with Gasteiger partial charge in [-0.15, -0.1) is 0 Å². The second-order valence-corrected chi connectivity index (χ2v) is 5.40. The molecule has 0 unspecified atom stereocenters. The lowest BCUT2D eigenvalue weighted by molar-refractivity contribution is 0.884. The first-order valence-electron chi connectivity index (χ1n) is 6.95. The molecule has 0 aliphatic rings. The number of hydrogen-bond acceptors (Lipinski definition) is 3. The van der Waals surface area contributed by atoms with Gasteiger partial charge in [0, 0.05) is 42.8 Å². The van der Waals surface area contributed by atoms with Crippen molar-refractivity contribution in [2.75, 3.05) is 11.9 Å². The van der Waals surface area contributed by atoms with Crippen LogP contribution in [0.4, 0.5) is 5.69 Å². The highest BCUT2D eigenvalue weighted by atomic mass is 15.1. The second kappa shape index (κ2) is 6.06. The number of anilines is 1. The van der Waals surface area contributed by atoms with E-state index in [4.69, 9.17) is 5.73 Å². The van der Waals surface area contributed by atoms with Gasteiger partial charge in [0.25, 0.3) is 0 Å². The Morgan fingerprint density at radius 2 is 1.90 bits per heavy atom. The van der Waals surface area contributed by atoms with Gasteiger partial charge in [-0.05, 0) is 32.4 Å². The van der Waals surface area contributed by atoms with Gasteiger partial charge >= 0.3 is 0 Å². The van der Waals surface area contributed by atoms with Crippen LogP contribution in [-0.4, -0.2) is 12.0 Å². The number of aromatic nitrogens is 1. The molecule has 1 aromatic carbocycles. The molecule has 1 aromatic heterocycles. The Kier molecular flexibility index (Phi) is 4.40. The van der Waals surface area contributed by atoms with Crippen molar-refractivity contribution in [1.29, 1.82) is 0 Å². The molecule has 0 fully saturated rings. The van der Waals surface area contributed by atoms with Crippen LogP contribution >= 0.6 is 0 Å². The van der Waals surface area contributed by atoms with E-state index in [1.807, 2.05) is 13.8 Å². The van der Waals surface area contributed by atoms with Crippen molar-refractivity contribution in [3.8, 4) is 0 Å². The Balaban J connectivity index is 2.31. The fourth-order valence-corrected chi connectivity index (χ4v) is 2.60. The summed E-state index contributed by atoms with van der Waals surface area (Å²) >= 11 is 0. The van der Waals surface area contributed by atoms with Crippen molar-refractivity contribution in [2.45, 2.75) is 33.9 Å². The lowest BCUT2D eigenvalue weighted by atomic mass is 10.1. The van der Waals surface area contributed by atoms with Crippen LogP contribution in [-0.2, 0) is 13.1 Å². The third kappa shape index (κ3) is 3.17. The molecule has 2 N–H and O–H groups in total. The maximum absolute atomic E-state index is 5.89. The predicted octanol–water partition coefficient (Wildman–Crippen LogP) is 3.10. The molecule has 0 saturated carbocycles. The average molecular weight is 269 g/mol. The lowest BCUT2D eigenvalue weighted by Crippen LogP contribution is -2.20. The minimum absolute atomic E-state index is 0.520. The normalized spacial score (nSPS) is 10.7. The highest BCUT2D eigenvalue weighted by molar-refractivity contribution is 5.55. The molecule has 2 rings (SSSR count). The molecule has 0 aliphatic carbocycles. The second-order valence-electron chi connectivity index (χ2n) is 5.40. The van der Waals surface area contributed by atoms with Crippen molar-refractivity contribution >= 4 is 5.69 Å². The maximum Gasteiger partial charge on any atom is 0.0448 e. The zero-order chi connectivity index (χ0) is 14.7. The number of nitrogens with zero attached hydrogens (tertiary/aromatic N) is 2. The quantitative estimate of drug-likeness (QED) is 0.927. The Hall–Kier alpha value is -1.87. The van der Waals surface area contributed by atoms with Crippen LogP contribution in [0.15, 0.2) is 30.3 Å². The number of pyridine rings is 1. The molecule has 3 nitrogen and oxygen atoms in total. The molecule has 0 spiro atoms. The first-order valence-corrected chi connectivity index (χ1v) is 6.95. The van der Waals surface area contributed by atoms with Crippen LogP contribution in [0.3, 0.4) is 0 Å². The Morgan fingerprint density at radius 3 is 2.55 bits per heavy atom. The van der Waals surface area contributed by atoms with Gasteiger partial charge in [-0.1, -0.05) is 29.8 Å². The summed E-state index contributed by atoms with van der Waals surface area (Å²) in [7, 11) is 2.11. The standard InChI is InChI=1S/C17H23N3/c1-12-6-5-7-15(8-12)11-20(4)17-9-13(2)19-14(3)16(17)10-18/h5-9H,10-11,18H2,1-4H3. The van der Waals surface area contributed by atoms with E-state index in [1.54, 1.807) is 0 Å². The first kappa shape index (κ1) is 14.5. The fraction of sp³-hybridized carbons (Fsp3) is 0.353. The van der Waals surface area contributed by atoms with E-state index in [0.717, 1.165) is 23.5 Å². The van der Waals surface area contributed by atoms with Gasteiger partial charge in [-0.2, -0.15) is 0 Å². The summed E-state index contributed by atoms with van der Waals surface area (Å²) in [5.74, 6) is 0. The third-order valence-electron chi connectivity index (χ3n) is 3.55. The molecule has 0 atom stereocenters. The van der Waals surface area contributed by atoms with Crippen LogP contribution in [0, 0.1) is 20.8 Å². The summed E-state index contributed by atoms with van der Waals surface area (Å²) < 4.78 is 0. The molecule has 2 aromatic rings. The van der Waals surface area contributed by atoms with Crippen LogP contribution in [0.2, 0.25) is 0 Å². The Morgan fingerprint density at radius 1 is 1.15 bits per heavy atom. The molecule has 0 aliphatic heterocycles. The zero-order valence-electron chi connectivity index (χ0n) is 12.8. The summed E-state index contributed by atoms with van der Waals surface area (Å²) in [6.07, 6.45) is 0. The Bertz CT molecular complexity index is 605. The monoisotopic (exact) mass is 269 g/mol. The smallest absolute Gasteiger partial charge is 0.0448 e. The summed E-state index contributed by atoms with van der Waals surface area (Å²) in [4.78, 5) is 6.75. The fourth-order valence-electron chi connectivity index (χ4n) is 2.60. The van der Waals surface area contributed by atoms with Crippen molar-refractivity contribution in [1.82, 2.24) is 4.98 Å². The molecular weight excluding hydrogens is 246 g/mol. The SMILES string of the molecule is Cc1cccc(CN(C)c2cc(C)nc(C)c2CN)c1. The molecule has 0 radical (unpaired) electrons. The molecule has 0 saturated heterocycles. The highest BCUT2D eigenvalue weighted by Crippen LogP contribution is 2.24. The topological polar surface area (TPSA) is 42.2 Å². The zero-order valence-corrected chi connectivity index (χ0v) is 12.8. The van der Waals surface area contributed by atoms with Gasteiger partial charge in [-0.3, -0.25) is 4.98 Å². The van der Waals surface area contributed by atoms with E-state index in [1.165, 1.54) is 16.8 Å². The van der Waals surface area contributed by atoms with Crippen LogP contribution in [0.25, 0.3) is 0 Å². The van der Waals surface area contributed by atoms with E-state index in [9.17, 15) is 0 Å². The lowest BCUT2D eigenvalue weighted by Gasteiger charge is -2.24. The number of rotatable bonds is 4. The number of nitrogens with two attached hydrogens (primary N) is 1. The Labute approximate surface area is 121 Å². The molecule has 20 heavy (non-hydrogen) atoms. The largest absolute Gasteiger partial charge is 0.370 e. The third-order valence-corrected chi connectivity index (χ3v) is 3.55. The summed E-state index contributed by atoms with van der Waals surface area (Å²) in [5, 5.41) is 0. The van der Waals surface area contributed by atoms with Crippen LogP contribution in [0.1, 0.15) is 28.1 Å². The summed E-state index contributed by atoms with van der Waals surface area (Å²) in [5.41, 5.74) is 12.9. The number of benzene rings is 1. The maximum atomic E-state index is 5.89.